The van der Waals surface area contributed by atoms with Crippen LogP contribution in [0.15, 0.2) is 59.4 Å². The third-order valence-electron chi connectivity index (χ3n) is 6.74. The Morgan fingerprint density at radius 2 is 1.75 bits per heavy atom. The van der Waals surface area contributed by atoms with Crippen LogP contribution in [0.2, 0.25) is 0 Å². The van der Waals surface area contributed by atoms with Gasteiger partial charge in [-0.15, -0.1) is 11.3 Å². The average Bonchev–Trinajstić information content (AvgIpc) is 3.20. The van der Waals surface area contributed by atoms with Crippen LogP contribution < -0.4 is 5.56 Å². The summed E-state index contributed by atoms with van der Waals surface area (Å²) in [6, 6.07) is 19.1. The molecule has 2 aromatic carbocycles. The van der Waals surface area contributed by atoms with Crippen LogP contribution in [-0.4, -0.2) is 34.5 Å². The predicted octanol–water partition coefficient (Wildman–Crippen LogP) is 5.81. The van der Waals surface area contributed by atoms with E-state index in [9.17, 15) is 4.79 Å². The molecule has 0 aliphatic carbocycles. The van der Waals surface area contributed by atoms with Gasteiger partial charge in [-0.05, 0) is 69.3 Å². The summed E-state index contributed by atoms with van der Waals surface area (Å²) in [5.41, 5.74) is 2.35. The summed E-state index contributed by atoms with van der Waals surface area (Å²) in [6.07, 6.45) is 8.16. The molecule has 2 aromatic heterocycles. The predicted molar refractivity (Wildman–Crippen MR) is 135 cm³/mol. The van der Waals surface area contributed by atoms with Crippen molar-refractivity contribution in [3.05, 3.63) is 76.3 Å². The SMILES string of the molecule is O=c1[nH]c(CCCCCN2CCC(Cc3ccccc3)CC2)nc2c1sc1ccccc12. The van der Waals surface area contributed by atoms with Crippen molar-refractivity contribution in [3.63, 3.8) is 0 Å². The minimum absolute atomic E-state index is 0.00423. The first-order valence-electron chi connectivity index (χ1n) is 11.9. The fourth-order valence-electron chi connectivity index (χ4n) is 4.93. The number of unbranched alkanes of at least 4 members (excludes halogenated alkanes) is 2. The van der Waals surface area contributed by atoms with Crippen LogP contribution >= 0.6 is 11.3 Å². The first-order valence-corrected chi connectivity index (χ1v) is 12.7. The number of aromatic amines is 1. The van der Waals surface area contributed by atoms with Crippen LogP contribution in [0.1, 0.15) is 43.5 Å². The molecule has 1 N–H and O–H groups in total. The van der Waals surface area contributed by atoms with Gasteiger partial charge in [-0.25, -0.2) is 4.98 Å². The fraction of sp³-hybridized carbons (Fsp3) is 0.407. The smallest absolute Gasteiger partial charge is 0.268 e. The van der Waals surface area contributed by atoms with E-state index in [-0.39, 0.29) is 5.56 Å². The summed E-state index contributed by atoms with van der Waals surface area (Å²) in [5, 5.41) is 1.09. The first kappa shape index (κ1) is 21.4. The van der Waals surface area contributed by atoms with E-state index < -0.39 is 0 Å². The second-order valence-electron chi connectivity index (χ2n) is 9.07. The van der Waals surface area contributed by atoms with Crippen LogP contribution in [0.3, 0.4) is 0 Å². The fourth-order valence-corrected chi connectivity index (χ4v) is 5.97. The highest BCUT2D eigenvalue weighted by atomic mass is 32.1. The van der Waals surface area contributed by atoms with E-state index in [1.165, 1.54) is 68.6 Å². The van der Waals surface area contributed by atoms with E-state index >= 15 is 0 Å². The van der Waals surface area contributed by atoms with Crippen molar-refractivity contribution in [1.82, 2.24) is 14.9 Å². The highest BCUT2D eigenvalue weighted by Gasteiger charge is 2.19. The van der Waals surface area contributed by atoms with Gasteiger partial charge >= 0.3 is 0 Å². The number of H-pyrrole nitrogens is 1. The van der Waals surface area contributed by atoms with Crippen molar-refractivity contribution < 1.29 is 0 Å². The standard InChI is InChI=1S/C27H31N3OS/c31-27-26-25(22-11-6-7-12-23(22)32-26)28-24(29-27)13-5-2-8-16-30-17-14-21(15-18-30)19-20-9-3-1-4-10-20/h1,3-4,6-7,9-12,21H,2,5,8,13-19H2,(H,28,29,31). The van der Waals surface area contributed by atoms with Gasteiger partial charge in [-0.2, -0.15) is 0 Å². The van der Waals surface area contributed by atoms with Crippen molar-refractivity contribution in [1.29, 1.82) is 0 Å². The summed E-state index contributed by atoms with van der Waals surface area (Å²) in [5.74, 6) is 1.66. The molecule has 4 nitrogen and oxygen atoms in total. The quantitative estimate of drug-likeness (QED) is 0.348. The molecule has 1 aliphatic heterocycles. The van der Waals surface area contributed by atoms with Gasteiger partial charge in [0.05, 0.1) is 5.52 Å². The Morgan fingerprint density at radius 1 is 0.969 bits per heavy atom. The highest BCUT2D eigenvalue weighted by Crippen LogP contribution is 2.30. The maximum Gasteiger partial charge on any atom is 0.268 e. The number of nitrogens with one attached hydrogen (secondary N) is 1. The van der Waals surface area contributed by atoms with Crippen LogP contribution in [0.5, 0.6) is 0 Å². The zero-order valence-electron chi connectivity index (χ0n) is 18.6. The Balaban J connectivity index is 1.06. The molecule has 0 spiro atoms. The molecule has 5 heteroatoms. The summed E-state index contributed by atoms with van der Waals surface area (Å²) in [6.45, 7) is 3.65. The Morgan fingerprint density at radius 3 is 2.59 bits per heavy atom. The second kappa shape index (κ2) is 9.97. The molecule has 0 bridgehead atoms. The molecule has 5 rings (SSSR count). The number of nitrogens with zero attached hydrogens (tertiary/aromatic N) is 2. The molecular formula is C27H31N3OS. The molecule has 4 aromatic rings. The van der Waals surface area contributed by atoms with Crippen LogP contribution in [-0.2, 0) is 12.8 Å². The highest BCUT2D eigenvalue weighted by molar-refractivity contribution is 7.25. The molecule has 1 fully saturated rings. The zero-order valence-corrected chi connectivity index (χ0v) is 19.4. The summed E-state index contributed by atoms with van der Waals surface area (Å²) in [4.78, 5) is 23.0. The van der Waals surface area contributed by atoms with Gasteiger partial charge in [0.1, 0.15) is 10.5 Å². The van der Waals surface area contributed by atoms with Gasteiger partial charge < -0.3 is 9.88 Å². The molecule has 1 saturated heterocycles. The second-order valence-corrected chi connectivity index (χ2v) is 10.1. The molecule has 32 heavy (non-hydrogen) atoms. The van der Waals surface area contributed by atoms with Crippen molar-refractivity contribution in [2.24, 2.45) is 5.92 Å². The Labute approximate surface area is 193 Å². The minimum Gasteiger partial charge on any atom is -0.309 e. The molecular weight excluding hydrogens is 414 g/mol. The van der Waals surface area contributed by atoms with Gasteiger partial charge in [0.2, 0.25) is 0 Å². The summed E-state index contributed by atoms with van der Waals surface area (Å²) in [7, 11) is 0. The van der Waals surface area contributed by atoms with Crippen molar-refractivity contribution in [3.8, 4) is 0 Å². The van der Waals surface area contributed by atoms with Crippen LogP contribution in [0.4, 0.5) is 0 Å². The monoisotopic (exact) mass is 445 g/mol. The number of rotatable bonds is 8. The number of hydrogen-bond donors (Lipinski definition) is 1. The van der Waals surface area contributed by atoms with Crippen LogP contribution in [0, 0.1) is 5.92 Å². The molecule has 3 heterocycles. The molecule has 1 aliphatic rings. The number of thiophene rings is 1. The third-order valence-corrected chi connectivity index (χ3v) is 7.90. The van der Waals surface area contributed by atoms with Gasteiger partial charge in [0, 0.05) is 16.5 Å². The van der Waals surface area contributed by atoms with E-state index in [1.54, 1.807) is 0 Å². The third kappa shape index (κ3) is 4.94. The topological polar surface area (TPSA) is 49.0 Å². The van der Waals surface area contributed by atoms with E-state index in [2.05, 4.69) is 52.3 Å². The van der Waals surface area contributed by atoms with Gasteiger partial charge in [0.15, 0.2) is 0 Å². The lowest BCUT2D eigenvalue weighted by molar-refractivity contribution is 0.181. The number of benzene rings is 2. The van der Waals surface area contributed by atoms with E-state index in [0.717, 1.165) is 44.9 Å². The molecule has 0 saturated carbocycles. The number of hydrogen-bond acceptors (Lipinski definition) is 4. The van der Waals surface area contributed by atoms with E-state index in [0.29, 0.717) is 0 Å². The van der Waals surface area contributed by atoms with Gasteiger partial charge in [-0.3, -0.25) is 4.79 Å². The van der Waals surface area contributed by atoms with Crippen molar-refractivity contribution in [2.75, 3.05) is 19.6 Å². The molecule has 0 atom stereocenters. The van der Waals surface area contributed by atoms with Crippen LogP contribution in [0.25, 0.3) is 20.3 Å². The molecule has 0 radical (unpaired) electrons. The lowest BCUT2D eigenvalue weighted by atomic mass is 9.90. The Kier molecular flexibility index (Phi) is 6.65. The normalized spacial score (nSPS) is 15.6. The number of fused-ring (bicyclic) bond motifs is 3. The number of piperidine rings is 1. The zero-order chi connectivity index (χ0) is 21.8. The van der Waals surface area contributed by atoms with Gasteiger partial charge in [0.25, 0.3) is 5.56 Å². The number of aromatic nitrogens is 2. The maximum atomic E-state index is 12.5. The van der Waals surface area contributed by atoms with E-state index in [1.807, 2.05) is 12.1 Å². The Bertz CT molecular complexity index is 1220. The Hall–Kier alpha value is -2.50. The summed E-state index contributed by atoms with van der Waals surface area (Å²) >= 11 is 1.53. The average molecular weight is 446 g/mol. The number of likely N-dealkylation sites (tertiary alicyclic amines) is 1. The maximum absolute atomic E-state index is 12.5. The molecule has 0 amide bonds. The van der Waals surface area contributed by atoms with Crippen molar-refractivity contribution in [2.45, 2.75) is 44.9 Å². The molecule has 0 unspecified atom stereocenters. The molecule has 166 valence electrons. The largest absolute Gasteiger partial charge is 0.309 e. The first-order chi connectivity index (χ1) is 15.8. The number of aryl methyl sites for hydroxylation is 1. The lowest BCUT2D eigenvalue weighted by Crippen LogP contribution is -2.35. The minimum atomic E-state index is 0.00423. The van der Waals surface area contributed by atoms with Gasteiger partial charge in [-0.1, -0.05) is 55.0 Å². The van der Waals surface area contributed by atoms with Crippen molar-refractivity contribution >= 4 is 31.6 Å². The summed E-state index contributed by atoms with van der Waals surface area (Å²) < 4.78 is 1.87. The lowest BCUT2D eigenvalue weighted by Gasteiger charge is -2.32. The van der Waals surface area contributed by atoms with E-state index in [4.69, 9.17) is 4.98 Å².